The lowest BCUT2D eigenvalue weighted by molar-refractivity contribution is 0.846. The number of hydrogen-bond acceptors (Lipinski definition) is 4. The van der Waals surface area contributed by atoms with E-state index in [0.29, 0.717) is 6.54 Å². The Labute approximate surface area is 134 Å². The number of anilines is 1. The van der Waals surface area contributed by atoms with Gasteiger partial charge in [0.25, 0.3) is 0 Å². The molecule has 1 N–H and O–H groups in total. The lowest BCUT2D eigenvalue weighted by Gasteiger charge is -2.15. The predicted molar refractivity (Wildman–Crippen MR) is 77.0 cm³/mol. The summed E-state index contributed by atoms with van der Waals surface area (Å²) >= 11 is 34.1. The van der Waals surface area contributed by atoms with Gasteiger partial charge in [0.15, 0.2) is 11.6 Å². The molecule has 1 aromatic heterocycles. The molecule has 0 unspecified atom stereocenters. The van der Waals surface area contributed by atoms with Crippen LogP contribution in [0.25, 0.3) is 0 Å². The van der Waals surface area contributed by atoms with Gasteiger partial charge in [0.1, 0.15) is 0 Å². The molecular weight excluding hydrogens is 365 g/mol. The third-order valence-electron chi connectivity index (χ3n) is 1.55. The normalized spacial score (nSPS) is 12.3. The molecule has 100 valence electrons. The summed E-state index contributed by atoms with van der Waals surface area (Å²) < 4.78 is -3.70. The van der Waals surface area contributed by atoms with E-state index in [4.69, 9.17) is 69.6 Å². The van der Waals surface area contributed by atoms with E-state index in [-0.39, 0.29) is 17.6 Å². The Morgan fingerprint density at radius 2 is 1.39 bits per heavy atom. The molecule has 0 bridgehead atoms. The summed E-state index contributed by atoms with van der Waals surface area (Å²) in [4.78, 5) is 11.6. The van der Waals surface area contributed by atoms with E-state index in [1.165, 1.54) is 0 Å². The summed E-state index contributed by atoms with van der Waals surface area (Å²) in [5, 5.41) is 2.79. The molecule has 0 aliphatic heterocycles. The van der Waals surface area contributed by atoms with Crippen LogP contribution in [0.1, 0.15) is 11.6 Å². The highest BCUT2D eigenvalue weighted by Gasteiger charge is 2.33. The first kappa shape index (κ1) is 16.3. The Kier molecular flexibility index (Phi) is 5.59. The molecule has 18 heavy (non-hydrogen) atoms. The molecule has 0 fully saturated rings. The highest BCUT2D eigenvalue weighted by atomic mass is 35.6. The number of alkyl halides is 6. The lowest BCUT2D eigenvalue weighted by Crippen LogP contribution is -2.18. The van der Waals surface area contributed by atoms with E-state index in [0.717, 1.165) is 0 Å². The van der Waals surface area contributed by atoms with Crippen molar-refractivity contribution in [3.63, 3.8) is 0 Å². The van der Waals surface area contributed by atoms with Crippen molar-refractivity contribution in [2.45, 2.75) is 7.59 Å². The number of nitrogens with zero attached hydrogens (tertiary/aromatic N) is 3. The molecule has 1 rings (SSSR count). The fourth-order valence-electron chi connectivity index (χ4n) is 0.872. The first-order valence-corrected chi connectivity index (χ1v) is 6.66. The molecular formula is C8H6Cl6N4. The van der Waals surface area contributed by atoms with Gasteiger partial charge in [0.2, 0.25) is 13.5 Å². The molecule has 0 amide bonds. The van der Waals surface area contributed by atoms with Crippen molar-refractivity contribution in [1.82, 2.24) is 15.0 Å². The quantitative estimate of drug-likeness (QED) is 0.642. The third kappa shape index (κ3) is 4.76. The summed E-state index contributed by atoms with van der Waals surface area (Å²) in [6.07, 6.45) is 1.59. The molecule has 0 atom stereocenters. The maximum Gasteiger partial charge on any atom is 0.250 e. The second-order valence-corrected chi connectivity index (χ2v) is 7.53. The minimum atomic E-state index is -1.85. The molecule has 1 heterocycles. The molecule has 0 saturated heterocycles. The highest BCUT2D eigenvalue weighted by Crippen LogP contribution is 2.40. The highest BCUT2D eigenvalue weighted by molar-refractivity contribution is 6.67. The summed E-state index contributed by atoms with van der Waals surface area (Å²) in [5.74, 6) is -0.168. The van der Waals surface area contributed by atoms with Crippen LogP contribution in [0.15, 0.2) is 12.7 Å². The second kappa shape index (κ2) is 6.16. The molecule has 4 nitrogen and oxygen atoms in total. The van der Waals surface area contributed by atoms with Crippen LogP contribution in [0.5, 0.6) is 0 Å². The van der Waals surface area contributed by atoms with E-state index in [9.17, 15) is 0 Å². The van der Waals surface area contributed by atoms with Crippen LogP contribution in [0.3, 0.4) is 0 Å². The van der Waals surface area contributed by atoms with Gasteiger partial charge >= 0.3 is 0 Å². The van der Waals surface area contributed by atoms with Gasteiger partial charge in [-0.25, -0.2) is 4.98 Å². The van der Waals surface area contributed by atoms with E-state index in [1.807, 2.05) is 0 Å². The van der Waals surface area contributed by atoms with Crippen molar-refractivity contribution in [3.05, 3.63) is 24.3 Å². The fraction of sp³-hybridized carbons (Fsp3) is 0.375. The van der Waals surface area contributed by atoms with Crippen molar-refractivity contribution in [2.75, 3.05) is 11.9 Å². The van der Waals surface area contributed by atoms with Crippen LogP contribution in [-0.2, 0) is 7.59 Å². The van der Waals surface area contributed by atoms with Gasteiger partial charge < -0.3 is 5.32 Å². The van der Waals surface area contributed by atoms with Crippen LogP contribution < -0.4 is 5.32 Å². The van der Waals surface area contributed by atoms with Gasteiger partial charge in [-0.3, -0.25) is 0 Å². The van der Waals surface area contributed by atoms with Crippen molar-refractivity contribution in [1.29, 1.82) is 0 Å². The number of rotatable bonds is 3. The topological polar surface area (TPSA) is 50.7 Å². The van der Waals surface area contributed by atoms with Gasteiger partial charge in [0, 0.05) is 6.54 Å². The number of halogens is 6. The van der Waals surface area contributed by atoms with Crippen molar-refractivity contribution < 1.29 is 0 Å². The second-order valence-electron chi connectivity index (χ2n) is 2.97. The van der Waals surface area contributed by atoms with Crippen LogP contribution in [0.4, 0.5) is 5.95 Å². The zero-order chi connectivity index (χ0) is 14.0. The van der Waals surface area contributed by atoms with Crippen LogP contribution >= 0.6 is 69.6 Å². The van der Waals surface area contributed by atoms with Crippen LogP contribution in [-0.4, -0.2) is 21.5 Å². The Morgan fingerprint density at radius 1 is 0.944 bits per heavy atom. The van der Waals surface area contributed by atoms with Crippen LogP contribution in [0.2, 0.25) is 0 Å². The summed E-state index contributed by atoms with van der Waals surface area (Å²) in [6.45, 7) is 3.92. The smallest absolute Gasteiger partial charge is 0.250 e. The number of hydrogen-bond donors (Lipinski definition) is 1. The molecule has 0 saturated carbocycles. The van der Waals surface area contributed by atoms with E-state index >= 15 is 0 Å². The Bertz CT molecular complexity index is 406. The molecule has 10 heteroatoms. The fourth-order valence-corrected chi connectivity index (χ4v) is 1.38. The molecule has 0 spiro atoms. The minimum absolute atomic E-state index is 0.118. The van der Waals surface area contributed by atoms with Gasteiger partial charge in [-0.2, -0.15) is 9.97 Å². The number of nitrogens with one attached hydrogen (secondary N) is 1. The Morgan fingerprint density at radius 3 is 1.72 bits per heavy atom. The molecule has 0 aliphatic carbocycles. The molecule has 0 aromatic carbocycles. The first-order valence-electron chi connectivity index (χ1n) is 4.40. The van der Waals surface area contributed by atoms with E-state index in [2.05, 4.69) is 26.8 Å². The van der Waals surface area contributed by atoms with E-state index < -0.39 is 7.59 Å². The van der Waals surface area contributed by atoms with Crippen molar-refractivity contribution >= 4 is 75.6 Å². The third-order valence-corrected chi connectivity index (χ3v) is 2.56. The van der Waals surface area contributed by atoms with Gasteiger partial charge in [-0.1, -0.05) is 75.7 Å². The maximum absolute atomic E-state index is 5.69. The van der Waals surface area contributed by atoms with E-state index in [1.54, 1.807) is 6.08 Å². The maximum atomic E-state index is 5.69. The molecule has 1 aromatic rings. The summed E-state index contributed by atoms with van der Waals surface area (Å²) in [6, 6.07) is 0. The van der Waals surface area contributed by atoms with Crippen molar-refractivity contribution in [2.24, 2.45) is 0 Å². The lowest BCUT2D eigenvalue weighted by atomic mass is 10.5. The Balaban J connectivity index is 3.24. The van der Waals surface area contributed by atoms with Gasteiger partial charge in [0.05, 0.1) is 0 Å². The monoisotopic (exact) mass is 368 g/mol. The zero-order valence-electron chi connectivity index (χ0n) is 8.60. The summed E-state index contributed by atoms with van der Waals surface area (Å²) in [5.41, 5.74) is 0. The zero-order valence-corrected chi connectivity index (χ0v) is 13.1. The average molecular weight is 371 g/mol. The average Bonchev–Trinajstić information content (AvgIpc) is 2.23. The van der Waals surface area contributed by atoms with Gasteiger partial charge in [-0.15, -0.1) is 6.58 Å². The first-order chi connectivity index (χ1) is 8.14. The standard InChI is InChI=1S/C8H6Cl6N4/c1-2-3-15-6-17-4(7(9,10)11)16-5(18-6)8(12,13)14/h2H,1,3H2,(H,15,16,17,18). The number of aromatic nitrogens is 3. The predicted octanol–water partition coefficient (Wildman–Crippen LogP) is 4.12. The SMILES string of the molecule is C=CCNc1nc(C(Cl)(Cl)Cl)nc(C(Cl)(Cl)Cl)n1. The molecule has 0 aliphatic rings. The minimum Gasteiger partial charge on any atom is -0.351 e. The largest absolute Gasteiger partial charge is 0.351 e. The summed E-state index contributed by atoms with van der Waals surface area (Å²) in [7, 11) is 0. The van der Waals surface area contributed by atoms with Gasteiger partial charge in [-0.05, 0) is 0 Å². The van der Waals surface area contributed by atoms with Crippen molar-refractivity contribution in [3.8, 4) is 0 Å². The van der Waals surface area contributed by atoms with Crippen LogP contribution in [0, 0.1) is 0 Å². The molecule has 0 radical (unpaired) electrons. The Hall–Kier alpha value is 0.290.